The molecule has 0 aromatic heterocycles. The van der Waals surface area contributed by atoms with Gasteiger partial charge in [0.25, 0.3) is 0 Å². The second kappa shape index (κ2) is 11.7. The molecule has 1 heteroatoms. The zero-order valence-corrected chi connectivity index (χ0v) is 15.8. The quantitative estimate of drug-likeness (QED) is 0.277. The Morgan fingerprint density at radius 1 is 0.960 bits per heavy atom. The van der Waals surface area contributed by atoms with Crippen molar-refractivity contribution in [1.82, 2.24) is 0 Å². The number of nitriles is 1. The molecular formula is C24H33N. The maximum absolute atomic E-state index is 8.48. The molecule has 134 valence electrons. The molecule has 0 saturated heterocycles. The zero-order valence-electron chi connectivity index (χ0n) is 15.8. The lowest BCUT2D eigenvalue weighted by molar-refractivity contribution is 0.296. The van der Waals surface area contributed by atoms with Gasteiger partial charge in [-0.05, 0) is 74.3 Å². The number of hydrogen-bond donors (Lipinski definition) is 0. The van der Waals surface area contributed by atoms with E-state index in [2.05, 4.69) is 37.3 Å². The van der Waals surface area contributed by atoms with E-state index in [0.717, 1.165) is 5.92 Å². The summed E-state index contributed by atoms with van der Waals surface area (Å²) in [6.07, 6.45) is 20.8. The molecule has 1 fully saturated rings. The summed E-state index contributed by atoms with van der Waals surface area (Å²) in [4.78, 5) is 0. The van der Waals surface area contributed by atoms with E-state index in [4.69, 9.17) is 5.26 Å². The van der Waals surface area contributed by atoms with Crippen molar-refractivity contribution in [2.24, 2.45) is 11.8 Å². The van der Waals surface area contributed by atoms with E-state index in [0.29, 0.717) is 5.92 Å². The van der Waals surface area contributed by atoms with Gasteiger partial charge in [0.2, 0.25) is 0 Å². The fraction of sp³-hybridized carbons (Fsp3) is 0.542. The Bertz CT molecular complexity index is 565. The van der Waals surface area contributed by atoms with Crippen molar-refractivity contribution < 1.29 is 0 Å². The van der Waals surface area contributed by atoms with E-state index >= 15 is 0 Å². The molecule has 0 spiro atoms. The average molecular weight is 336 g/mol. The Morgan fingerprint density at radius 2 is 1.64 bits per heavy atom. The van der Waals surface area contributed by atoms with Crippen LogP contribution in [0.2, 0.25) is 0 Å². The van der Waals surface area contributed by atoms with Crippen LogP contribution in [0.4, 0.5) is 0 Å². The van der Waals surface area contributed by atoms with Crippen LogP contribution in [0.1, 0.15) is 69.4 Å². The van der Waals surface area contributed by atoms with Crippen LogP contribution in [-0.4, -0.2) is 0 Å². The summed E-state index contributed by atoms with van der Waals surface area (Å²) in [5.41, 5.74) is 3.00. The van der Waals surface area contributed by atoms with Gasteiger partial charge in [-0.3, -0.25) is 0 Å². The monoisotopic (exact) mass is 335 g/mol. The van der Waals surface area contributed by atoms with Crippen molar-refractivity contribution in [2.45, 2.75) is 71.1 Å². The van der Waals surface area contributed by atoms with E-state index in [1.807, 2.05) is 18.2 Å². The summed E-state index contributed by atoms with van der Waals surface area (Å²) in [7, 11) is 0. The fourth-order valence-electron chi connectivity index (χ4n) is 3.81. The average Bonchev–Trinajstić information content (AvgIpc) is 2.66. The minimum absolute atomic E-state index is 0.710. The summed E-state index contributed by atoms with van der Waals surface area (Å²) >= 11 is 0. The molecule has 0 aliphatic heterocycles. The largest absolute Gasteiger partial charge is 0.193 e. The number of nitrogens with zero attached hydrogens (tertiary/aromatic N) is 1. The summed E-state index contributed by atoms with van der Waals surface area (Å²) < 4.78 is 0. The Hall–Kier alpha value is -1.81. The summed E-state index contributed by atoms with van der Waals surface area (Å²) in [5.74, 6) is 1.60. The van der Waals surface area contributed by atoms with Crippen LogP contribution in [0, 0.1) is 23.2 Å². The van der Waals surface area contributed by atoms with Crippen molar-refractivity contribution in [2.75, 3.05) is 0 Å². The molecule has 0 unspecified atom stereocenters. The third-order valence-corrected chi connectivity index (χ3v) is 5.49. The van der Waals surface area contributed by atoms with Gasteiger partial charge in [0.15, 0.2) is 0 Å². The zero-order chi connectivity index (χ0) is 17.7. The summed E-state index contributed by atoms with van der Waals surface area (Å²) in [6.45, 7) is 2.26. The Labute approximate surface area is 154 Å². The van der Waals surface area contributed by atoms with Crippen LogP contribution < -0.4 is 0 Å². The van der Waals surface area contributed by atoms with Crippen LogP contribution in [-0.2, 0) is 12.8 Å². The van der Waals surface area contributed by atoms with Crippen molar-refractivity contribution in [1.29, 1.82) is 5.26 Å². The molecule has 1 nitrogen and oxygen atoms in total. The normalized spacial score (nSPS) is 21.0. The highest BCUT2D eigenvalue weighted by molar-refractivity contribution is 5.22. The number of hydrogen-bond acceptors (Lipinski definition) is 1. The van der Waals surface area contributed by atoms with Crippen LogP contribution in [0.5, 0.6) is 0 Å². The van der Waals surface area contributed by atoms with Crippen molar-refractivity contribution in [3.63, 3.8) is 0 Å². The van der Waals surface area contributed by atoms with Gasteiger partial charge in [0.05, 0.1) is 6.07 Å². The van der Waals surface area contributed by atoms with Gasteiger partial charge in [-0.1, -0.05) is 62.3 Å². The topological polar surface area (TPSA) is 23.8 Å². The van der Waals surface area contributed by atoms with Gasteiger partial charge in [-0.15, -0.1) is 0 Å². The van der Waals surface area contributed by atoms with Gasteiger partial charge in [0, 0.05) is 6.08 Å². The first-order chi connectivity index (χ1) is 12.3. The third kappa shape index (κ3) is 7.74. The second-order valence-electron chi connectivity index (χ2n) is 7.47. The predicted octanol–water partition coefficient (Wildman–Crippen LogP) is 6.79. The summed E-state index contributed by atoms with van der Waals surface area (Å²) in [6, 6.07) is 11.4. The first-order valence-corrected chi connectivity index (χ1v) is 10.1. The molecule has 0 heterocycles. The Morgan fingerprint density at radius 3 is 2.28 bits per heavy atom. The number of benzene rings is 1. The molecule has 0 N–H and O–H groups in total. The molecule has 0 radical (unpaired) electrons. The van der Waals surface area contributed by atoms with Gasteiger partial charge < -0.3 is 0 Å². The number of rotatable bonds is 9. The minimum Gasteiger partial charge on any atom is -0.193 e. The van der Waals surface area contributed by atoms with E-state index < -0.39 is 0 Å². The smallest absolute Gasteiger partial charge is 0.0912 e. The van der Waals surface area contributed by atoms with Crippen molar-refractivity contribution in [3.05, 3.63) is 59.7 Å². The SMILES string of the molecule is CCCCCc1ccc(CC[C@H]2CC[C@H](C=CC=CC#N)CC2)cc1. The molecule has 2 rings (SSSR count). The standard InChI is InChI=1S/C24H33N/c1-2-3-5-8-21-10-14-23(15-11-21)18-19-24-16-12-22(13-17-24)9-6-4-7-20-25/h4,6-7,9-11,14-15,22,24H,2-3,5,8,12-13,16-19H2,1H3/t22-,24-. The number of unbranched alkanes of at least 4 members (excludes halogenated alkanes) is 2. The van der Waals surface area contributed by atoms with E-state index in [-0.39, 0.29) is 0 Å². The molecule has 1 aromatic carbocycles. The number of aryl methyl sites for hydroxylation is 2. The van der Waals surface area contributed by atoms with Crippen LogP contribution in [0.25, 0.3) is 0 Å². The first kappa shape index (κ1) is 19.5. The maximum Gasteiger partial charge on any atom is 0.0912 e. The molecule has 1 saturated carbocycles. The Kier molecular flexibility index (Phi) is 9.13. The molecule has 1 aliphatic carbocycles. The molecular weight excluding hydrogens is 302 g/mol. The van der Waals surface area contributed by atoms with E-state index in [9.17, 15) is 0 Å². The van der Waals surface area contributed by atoms with Crippen molar-refractivity contribution >= 4 is 0 Å². The first-order valence-electron chi connectivity index (χ1n) is 10.1. The molecule has 0 bridgehead atoms. The van der Waals surface area contributed by atoms with Gasteiger partial charge in [-0.2, -0.15) is 5.26 Å². The van der Waals surface area contributed by atoms with Gasteiger partial charge in [-0.25, -0.2) is 0 Å². The molecule has 1 aromatic rings. The predicted molar refractivity (Wildman–Crippen MR) is 107 cm³/mol. The van der Waals surface area contributed by atoms with E-state index in [1.54, 1.807) is 0 Å². The van der Waals surface area contributed by atoms with Crippen LogP contribution in [0.15, 0.2) is 48.6 Å². The molecule has 0 atom stereocenters. The van der Waals surface area contributed by atoms with E-state index in [1.165, 1.54) is 81.4 Å². The minimum atomic E-state index is 0.710. The van der Waals surface area contributed by atoms with Gasteiger partial charge >= 0.3 is 0 Å². The maximum atomic E-state index is 8.48. The fourth-order valence-corrected chi connectivity index (χ4v) is 3.81. The van der Waals surface area contributed by atoms with Crippen molar-refractivity contribution in [3.8, 4) is 6.07 Å². The molecule has 1 aliphatic rings. The number of allylic oxidation sites excluding steroid dienone is 4. The highest BCUT2D eigenvalue weighted by atomic mass is 14.2. The van der Waals surface area contributed by atoms with Crippen LogP contribution >= 0.6 is 0 Å². The van der Waals surface area contributed by atoms with Crippen LogP contribution in [0.3, 0.4) is 0 Å². The van der Waals surface area contributed by atoms with Gasteiger partial charge in [0.1, 0.15) is 0 Å². The highest BCUT2D eigenvalue weighted by Crippen LogP contribution is 2.32. The third-order valence-electron chi connectivity index (χ3n) is 5.49. The lowest BCUT2D eigenvalue weighted by Crippen LogP contribution is -2.13. The lowest BCUT2D eigenvalue weighted by Gasteiger charge is -2.26. The summed E-state index contributed by atoms with van der Waals surface area (Å²) in [5, 5.41) is 8.48. The Balaban J connectivity index is 1.66. The second-order valence-corrected chi connectivity index (χ2v) is 7.47. The highest BCUT2D eigenvalue weighted by Gasteiger charge is 2.19. The molecule has 0 amide bonds. The molecule has 25 heavy (non-hydrogen) atoms. The lowest BCUT2D eigenvalue weighted by atomic mass is 9.79.